The van der Waals surface area contributed by atoms with Crippen LogP contribution in [0.4, 0.5) is 0 Å². The minimum absolute atomic E-state index is 0.412. The Morgan fingerprint density at radius 2 is 2.00 bits per heavy atom. The summed E-state index contributed by atoms with van der Waals surface area (Å²) in [6.45, 7) is 8.57. The molecular formula is C12H22. The van der Waals surface area contributed by atoms with Crippen LogP contribution in [0.1, 0.15) is 52.4 Å². The van der Waals surface area contributed by atoms with Crippen LogP contribution < -0.4 is 0 Å². The van der Waals surface area contributed by atoms with Gasteiger partial charge in [-0.05, 0) is 24.2 Å². The van der Waals surface area contributed by atoms with Crippen molar-refractivity contribution < 1.29 is 0 Å². The second-order valence-electron chi connectivity index (χ2n) is 4.57. The first-order valence-electron chi connectivity index (χ1n) is 5.34. The predicted octanol–water partition coefficient (Wildman–Crippen LogP) is 4.17. The zero-order chi connectivity index (χ0) is 9.03. The third-order valence-corrected chi connectivity index (χ3v) is 3.53. The van der Waals surface area contributed by atoms with Crippen LogP contribution >= 0.6 is 0 Å². The van der Waals surface area contributed by atoms with Crippen molar-refractivity contribution in [1.82, 2.24) is 0 Å². The van der Waals surface area contributed by atoms with Crippen molar-refractivity contribution in [3.05, 3.63) is 12.7 Å². The Bertz CT molecular complexity index is 142. The molecule has 0 heteroatoms. The van der Waals surface area contributed by atoms with Crippen LogP contribution in [0, 0.1) is 11.3 Å². The van der Waals surface area contributed by atoms with E-state index >= 15 is 0 Å². The van der Waals surface area contributed by atoms with Crippen molar-refractivity contribution in [1.29, 1.82) is 0 Å². The summed E-state index contributed by atoms with van der Waals surface area (Å²) in [5.74, 6) is 0.993. The molecule has 0 heterocycles. The van der Waals surface area contributed by atoms with E-state index in [1.807, 2.05) is 0 Å². The zero-order valence-electron chi connectivity index (χ0n) is 8.60. The molecule has 0 N–H and O–H groups in total. The maximum Gasteiger partial charge on any atom is -0.0149 e. The molecule has 0 aromatic heterocycles. The Morgan fingerprint density at radius 3 is 2.42 bits per heavy atom. The highest BCUT2D eigenvalue weighted by Gasteiger charge is 2.25. The molecule has 1 rings (SSSR count). The normalized spacial score (nSPS) is 23.8. The van der Waals surface area contributed by atoms with Crippen molar-refractivity contribution in [2.45, 2.75) is 52.4 Å². The Morgan fingerprint density at radius 1 is 1.42 bits per heavy atom. The fourth-order valence-corrected chi connectivity index (χ4v) is 2.25. The van der Waals surface area contributed by atoms with Gasteiger partial charge in [-0.2, -0.15) is 0 Å². The quantitative estimate of drug-likeness (QED) is 0.550. The largest absolute Gasteiger partial charge is 0.103 e. The molecule has 12 heavy (non-hydrogen) atoms. The van der Waals surface area contributed by atoms with Crippen LogP contribution in [0.2, 0.25) is 0 Å². The third-order valence-electron chi connectivity index (χ3n) is 3.53. The molecule has 0 spiro atoms. The molecule has 1 aliphatic carbocycles. The van der Waals surface area contributed by atoms with E-state index in [0.29, 0.717) is 5.41 Å². The molecule has 70 valence electrons. The highest BCUT2D eigenvalue weighted by Crippen LogP contribution is 2.38. The number of hydrogen-bond donors (Lipinski definition) is 0. The Balaban J connectivity index is 2.40. The Hall–Kier alpha value is -0.260. The van der Waals surface area contributed by atoms with E-state index in [-0.39, 0.29) is 0 Å². The second-order valence-corrected chi connectivity index (χ2v) is 4.57. The smallest absolute Gasteiger partial charge is 0.0149 e. The van der Waals surface area contributed by atoms with Gasteiger partial charge in [-0.15, -0.1) is 6.58 Å². The summed E-state index contributed by atoms with van der Waals surface area (Å²) < 4.78 is 0. The molecule has 0 radical (unpaired) electrons. The number of hydrogen-bond acceptors (Lipinski definition) is 0. The molecule has 1 saturated carbocycles. The SMILES string of the molecule is C=C[C@@](C)(CC)CC1CCCC1. The van der Waals surface area contributed by atoms with Crippen molar-refractivity contribution in [2.75, 3.05) is 0 Å². The average Bonchev–Trinajstić information content (AvgIpc) is 2.57. The van der Waals surface area contributed by atoms with Gasteiger partial charge in [0.05, 0.1) is 0 Å². The van der Waals surface area contributed by atoms with E-state index in [9.17, 15) is 0 Å². The van der Waals surface area contributed by atoms with Crippen molar-refractivity contribution >= 4 is 0 Å². The molecular weight excluding hydrogens is 144 g/mol. The van der Waals surface area contributed by atoms with Crippen molar-refractivity contribution in [2.24, 2.45) is 11.3 Å². The maximum atomic E-state index is 3.95. The van der Waals surface area contributed by atoms with Crippen LogP contribution in [0.3, 0.4) is 0 Å². The highest BCUT2D eigenvalue weighted by atomic mass is 14.3. The monoisotopic (exact) mass is 166 g/mol. The van der Waals surface area contributed by atoms with Gasteiger partial charge in [0.2, 0.25) is 0 Å². The van der Waals surface area contributed by atoms with Gasteiger partial charge in [0.15, 0.2) is 0 Å². The van der Waals surface area contributed by atoms with Gasteiger partial charge >= 0.3 is 0 Å². The molecule has 0 saturated heterocycles. The van der Waals surface area contributed by atoms with E-state index in [1.165, 1.54) is 38.5 Å². The molecule has 1 atom stereocenters. The summed E-state index contributed by atoms with van der Waals surface area (Å²) in [6, 6.07) is 0. The summed E-state index contributed by atoms with van der Waals surface area (Å²) in [5, 5.41) is 0. The minimum Gasteiger partial charge on any atom is -0.103 e. The summed E-state index contributed by atoms with van der Waals surface area (Å²) in [7, 11) is 0. The highest BCUT2D eigenvalue weighted by molar-refractivity contribution is 4.92. The molecule has 0 nitrogen and oxygen atoms in total. The first kappa shape index (κ1) is 9.83. The predicted molar refractivity (Wildman–Crippen MR) is 55.2 cm³/mol. The van der Waals surface area contributed by atoms with Gasteiger partial charge in [-0.1, -0.05) is 45.6 Å². The van der Waals surface area contributed by atoms with Crippen LogP contribution in [-0.4, -0.2) is 0 Å². The zero-order valence-corrected chi connectivity index (χ0v) is 8.60. The summed E-state index contributed by atoms with van der Waals surface area (Å²) >= 11 is 0. The van der Waals surface area contributed by atoms with Gasteiger partial charge in [0.25, 0.3) is 0 Å². The average molecular weight is 166 g/mol. The molecule has 1 aliphatic rings. The minimum atomic E-state index is 0.412. The lowest BCUT2D eigenvalue weighted by Gasteiger charge is -2.27. The molecule has 0 aromatic carbocycles. The van der Waals surface area contributed by atoms with Crippen LogP contribution in [0.15, 0.2) is 12.7 Å². The van der Waals surface area contributed by atoms with Crippen molar-refractivity contribution in [3.63, 3.8) is 0 Å². The van der Waals surface area contributed by atoms with E-state index in [1.54, 1.807) is 0 Å². The first-order valence-corrected chi connectivity index (χ1v) is 5.34. The molecule has 0 aromatic rings. The summed E-state index contributed by atoms with van der Waals surface area (Å²) in [4.78, 5) is 0. The lowest BCUT2D eigenvalue weighted by atomic mass is 9.78. The molecule has 0 aliphatic heterocycles. The van der Waals surface area contributed by atoms with Crippen LogP contribution in [0.25, 0.3) is 0 Å². The topological polar surface area (TPSA) is 0 Å². The summed E-state index contributed by atoms with van der Waals surface area (Å²) in [5.41, 5.74) is 0.412. The van der Waals surface area contributed by atoms with Gasteiger partial charge in [-0.3, -0.25) is 0 Å². The van der Waals surface area contributed by atoms with Crippen LogP contribution in [0.5, 0.6) is 0 Å². The number of allylic oxidation sites excluding steroid dienone is 1. The molecule has 0 amide bonds. The Labute approximate surface area is 77.1 Å². The van der Waals surface area contributed by atoms with Gasteiger partial charge < -0.3 is 0 Å². The van der Waals surface area contributed by atoms with Crippen molar-refractivity contribution in [3.8, 4) is 0 Å². The van der Waals surface area contributed by atoms with Gasteiger partial charge in [-0.25, -0.2) is 0 Å². The second kappa shape index (κ2) is 4.11. The first-order chi connectivity index (χ1) is 5.70. The third kappa shape index (κ3) is 2.36. The van der Waals surface area contributed by atoms with Gasteiger partial charge in [0.1, 0.15) is 0 Å². The molecule has 0 bridgehead atoms. The summed E-state index contributed by atoms with van der Waals surface area (Å²) in [6.07, 6.45) is 10.6. The maximum absolute atomic E-state index is 3.95. The van der Waals surface area contributed by atoms with Crippen LogP contribution in [-0.2, 0) is 0 Å². The van der Waals surface area contributed by atoms with Gasteiger partial charge in [0, 0.05) is 0 Å². The fourth-order valence-electron chi connectivity index (χ4n) is 2.25. The number of rotatable bonds is 4. The lowest BCUT2D eigenvalue weighted by Crippen LogP contribution is -2.15. The van der Waals surface area contributed by atoms with E-state index in [0.717, 1.165) is 5.92 Å². The van der Waals surface area contributed by atoms with E-state index < -0.39 is 0 Å². The van der Waals surface area contributed by atoms with E-state index in [2.05, 4.69) is 26.5 Å². The lowest BCUT2D eigenvalue weighted by molar-refractivity contribution is 0.300. The molecule has 1 fully saturated rings. The fraction of sp³-hybridized carbons (Fsp3) is 0.833. The standard InChI is InChI=1S/C12H22/c1-4-12(3,5-2)10-11-8-6-7-9-11/h4,11H,1,5-10H2,2-3H3/t12-/m0/s1. The molecule has 0 unspecified atom stereocenters. The van der Waals surface area contributed by atoms with E-state index in [4.69, 9.17) is 0 Å². The Kier molecular flexibility index (Phi) is 3.37.